The fourth-order valence-corrected chi connectivity index (χ4v) is 3.87. The predicted molar refractivity (Wildman–Crippen MR) is 141 cm³/mol. The first kappa shape index (κ1) is 26.7. The standard InChI is InChI=1S/C24H14Cl5N3O3/c25-16-6-5-15(10-18(16)27)31-22(33)12-35-23-19(28)8-13(9-20(23)29)7-14(11-30)24(34)32-21-4-2-1-3-17(21)26/h1-10H,12H2,(H,31,33)(H,32,34)/b14-7+. The molecule has 0 fully saturated rings. The molecule has 0 bridgehead atoms. The molecule has 0 atom stereocenters. The Labute approximate surface area is 225 Å². The highest BCUT2D eigenvalue weighted by Crippen LogP contribution is 2.35. The van der Waals surface area contributed by atoms with E-state index in [0.29, 0.717) is 27.0 Å². The summed E-state index contributed by atoms with van der Waals surface area (Å²) in [6.07, 6.45) is 1.31. The van der Waals surface area contributed by atoms with Gasteiger partial charge in [0.15, 0.2) is 12.4 Å². The number of nitrogens with zero attached hydrogens (tertiary/aromatic N) is 1. The molecule has 3 aromatic rings. The average molecular weight is 570 g/mol. The number of anilines is 2. The number of carbonyl (C=O) groups excluding carboxylic acids is 2. The maximum absolute atomic E-state index is 12.5. The Bertz CT molecular complexity index is 1350. The fourth-order valence-electron chi connectivity index (χ4n) is 2.78. The van der Waals surface area contributed by atoms with E-state index in [4.69, 9.17) is 62.7 Å². The van der Waals surface area contributed by atoms with Gasteiger partial charge in [-0.1, -0.05) is 70.1 Å². The lowest BCUT2D eigenvalue weighted by atomic mass is 10.1. The summed E-state index contributed by atoms with van der Waals surface area (Å²) in [5.41, 5.74) is 0.967. The van der Waals surface area contributed by atoms with E-state index < -0.39 is 18.4 Å². The van der Waals surface area contributed by atoms with Crippen LogP contribution in [0.25, 0.3) is 6.08 Å². The van der Waals surface area contributed by atoms with Crippen LogP contribution < -0.4 is 15.4 Å². The lowest BCUT2D eigenvalue weighted by molar-refractivity contribution is -0.118. The Balaban J connectivity index is 1.70. The van der Waals surface area contributed by atoms with Gasteiger partial charge in [0.1, 0.15) is 11.6 Å². The molecule has 0 saturated heterocycles. The van der Waals surface area contributed by atoms with Crippen molar-refractivity contribution in [2.24, 2.45) is 0 Å². The molecule has 11 heteroatoms. The molecular weight excluding hydrogens is 556 g/mol. The summed E-state index contributed by atoms with van der Waals surface area (Å²) in [5, 5.41) is 15.7. The number of carbonyl (C=O) groups is 2. The molecule has 0 aliphatic heterocycles. The van der Waals surface area contributed by atoms with Crippen LogP contribution in [0, 0.1) is 11.3 Å². The monoisotopic (exact) mass is 567 g/mol. The molecule has 0 aromatic heterocycles. The normalized spacial score (nSPS) is 10.9. The predicted octanol–water partition coefficient (Wildman–Crippen LogP) is 7.52. The Morgan fingerprint density at radius 2 is 1.54 bits per heavy atom. The Morgan fingerprint density at radius 3 is 2.17 bits per heavy atom. The van der Waals surface area contributed by atoms with E-state index in [2.05, 4.69) is 10.6 Å². The van der Waals surface area contributed by atoms with Crippen LogP contribution in [0.2, 0.25) is 25.1 Å². The van der Waals surface area contributed by atoms with Crippen molar-refractivity contribution in [3.05, 3.63) is 90.8 Å². The van der Waals surface area contributed by atoms with Gasteiger partial charge in [0.05, 0.1) is 30.8 Å². The second-order valence-electron chi connectivity index (χ2n) is 6.88. The van der Waals surface area contributed by atoms with Crippen LogP contribution in [-0.2, 0) is 9.59 Å². The summed E-state index contributed by atoms with van der Waals surface area (Å²) in [5.74, 6) is -1.08. The number of hydrogen-bond donors (Lipinski definition) is 2. The fraction of sp³-hybridized carbons (Fsp3) is 0.0417. The highest BCUT2D eigenvalue weighted by molar-refractivity contribution is 6.42. The van der Waals surface area contributed by atoms with Crippen molar-refractivity contribution in [3.8, 4) is 11.8 Å². The maximum Gasteiger partial charge on any atom is 0.266 e. The van der Waals surface area contributed by atoms with E-state index in [-0.39, 0.29) is 26.4 Å². The van der Waals surface area contributed by atoms with Gasteiger partial charge < -0.3 is 15.4 Å². The van der Waals surface area contributed by atoms with Gasteiger partial charge in [-0.25, -0.2) is 0 Å². The van der Waals surface area contributed by atoms with Crippen molar-refractivity contribution >= 4 is 87.3 Å². The number of hydrogen-bond acceptors (Lipinski definition) is 4. The number of para-hydroxylation sites is 1. The lowest BCUT2D eigenvalue weighted by Crippen LogP contribution is -2.20. The smallest absolute Gasteiger partial charge is 0.266 e. The summed E-state index contributed by atoms with van der Waals surface area (Å²) < 4.78 is 5.47. The molecule has 0 spiro atoms. The van der Waals surface area contributed by atoms with Crippen LogP contribution in [0.5, 0.6) is 5.75 Å². The van der Waals surface area contributed by atoms with Crippen molar-refractivity contribution in [2.45, 2.75) is 0 Å². The number of rotatable bonds is 7. The number of halogens is 5. The molecule has 6 nitrogen and oxygen atoms in total. The first-order valence-corrected chi connectivity index (χ1v) is 11.6. The summed E-state index contributed by atoms with van der Waals surface area (Å²) in [7, 11) is 0. The second-order valence-corrected chi connectivity index (χ2v) is 8.92. The van der Waals surface area contributed by atoms with Gasteiger partial charge in [-0.05, 0) is 54.1 Å². The molecule has 0 saturated carbocycles. The Hall–Kier alpha value is -2.92. The number of benzene rings is 3. The minimum Gasteiger partial charge on any atom is -0.481 e. The van der Waals surface area contributed by atoms with E-state index in [1.807, 2.05) is 6.07 Å². The van der Waals surface area contributed by atoms with Crippen molar-refractivity contribution in [2.75, 3.05) is 17.2 Å². The van der Waals surface area contributed by atoms with E-state index in [1.165, 1.54) is 24.3 Å². The lowest BCUT2D eigenvalue weighted by Gasteiger charge is -2.12. The third kappa shape index (κ3) is 7.28. The first-order chi connectivity index (χ1) is 16.7. The molecule has 35 heavy (non-hydrogen) atoms. The summed E-state index contributed by atoms with van der Waals surface area (Å²) in [6.45, 7) is -0.390. The highest BCUT2D eigenvalue weighted by Gasteiger charge is 2.15. The van der Waals surface area contributed by atoms with Gasteiger partial charge in [-0.2, -0.15) is 5.26 Å². The summed E-state index contributed by atoms with van der Waals surface area (Å²) in [4.78, 5) is 24.7. The molecular formula is C24H14Cl5N3O3. The third-order valence-corrected chi connectivity index (χ3v) is 6.00. The van der Waals surface area contributed by atoms with E-state index >= 15 is 0 Å². The molecule has 0 aliphatic carbocycles. The van der Waals surface area contributed by atoms with E-state index in [0.717, 1.165) is 0 Å². The van der Waals surface area contributed by atoms with Gasteiger partial charge in [0, 0.05) is 5.69 Å². The van der Waals surface area contributed by atoms with E-state index in [9.17, 15) is 14.9 Å². The molecule has 0 heterocycles. The topological polar surface area (TPSA) is 91.2 Å². The zero-order chi connectivity index (χ0) is 25.5. The zero-order valence-electron chi connectivity index (χ0n) is 17.5. The van der Waals surface area contributed by atoms with Crippen LogP contribution in [-0.4, -0.2) is 18.4 Å². The molecule has 0 unspecified atom stereocenters. The van der Waals surface area contributed by atoms with Crippen LogP contribution in [0.1, 0.15) is 5.56 Å². The van der Waals surface area contributed by atoms with Crippen LogP contribution >= 0.6 is 58.0 Å². The van der Waals surface area contributed by atoms with Crippen molar-refractivity contribution < 1.29 is 14.3 Å². The molecule has 0 radical (unpaired) electrons. The Morgan fingerprint density at radius 1 is 0.857 bits per heavy atom. The summed E-state index contributed by atoms with van der Waals surface area (Å²) >= 11 is 30.4. The van der Waals surface area contributed by atoms with Gasteiger partial charge in [0.25, 0.3) is 11.8 Å². The largest absolute Gasteiger partial charge is 0.481 e. The molecule has 3 rings (SSSR count). The minimum atomic E-state index is -0.660. The number of nitriles is 1. The molecule has 2 amide bonds. The van der Waals surface area contributed by atoms with Crippen LogP contribution in [0.15, 0.2) is 60.2 Å². The number of ether oxygens (including phenoxy) is 1. The van der Waals surface area contributed by atoms with Crippen LogP contribution in [0.4, 0.5) is 11.4 Å². The SMILES string of the molecule is N#C/C(=C\c1cc(Cl)c(OCC(=O)Nc2ccc(Cl)c(Cl)c2)c(Cl)c1)C(=O)Nc1ccccc1Cl. The quantitative estimate of drug-likeness (QED) is 0.227. The first-order valence-electron chi connectivity index (χ1n) is 9.72. The molecule has 2 N–H and O–H groups in total. The highest BCUT2D eigenvalue weighted by atomic mass is 35.5. The second kappa shape index (κ2) is 12.2. The van der Waals surface area contributed by atoms with Crippen molar-refractivity contribution in [3.63, 3.8) is 0 Å². The van der Waals surface area contributed by atoms with Crippen molar-refractivity contribution in [1.29, 1.82) is 5.26 Å². The summed E-state index contributed by atoms with van der Waals surface area (Å²) in [6, 6.07) is 16.0. The zero-order valence-corrected chi connectivity index (χ0v) is 21.3. The maximum atomic E-state index is 12.5. The molecule has 3 aromatic carbocycles. The van der Waals surface area contributed by atoms with Crippen molar-refractivity contribution in [1.82, 2.24) is 0 Å². The van der Waals surface area contributed by atoms with Gasteiger partial charge >= 0.3 is 0 Å². The average Bonchev–Trinajstić information content (AvgIpc) is 2.80. The number of amides is 2. The van der Waals surface area contributed by atoms with Gasteiger partial charge in [-0.3, -0.25) is 9.59 Å². The van der Waals surface area contributed by atoms with Gasteiger partial charge in [0.2, 0.25) is 0 Å². The molecule has 178 valence electrons. The Kier molecular flexibility index (Phi) is 9.27. The minimum absolute atomic E-state index is 0.0637. The number of nitrogens with one attached hydrogen (secondary N) is 2. The third-order valence-electron chi connectivity index (χ3n) is 4.37. The van der Waals surface area contributed by atoms with Gasteiger partial charge in [-0.15, -0.1) is 0 Å². The molecule has 0 aliphatic rings. The van der Waals surface area contributed by atoms with E-state index in [1.54, 1.807) is 36.4 Å². The van der Waals surface area contributed by atoms with Crippen LogP contribution in [0.3, 0.4) is 0 Å².